The average molecular weight is 618 g/mol. The Morgan fingerprint density at radius 3 is 1.96 bits per heavy atom. The first-order chi connectivity index (χ1) is 23.1. The fourth-order valence-corrected chi connectivity index (χ4v) is 9.24. The SMILES string of the molecule is CC1(C)c2ccccc2-c2cc(N(c3ccc4sc5ccccc5c4c3)c3cc4c5ccccc5ccc4c4ccccc34)ccc21. The molecule has 0 aliphatic heterocycles. The molecule has 1 aliphatic rings. The van der Waals surface area contributed by atoms with Gasteiger partial charge in [0.05, 0.1) is 5.69 Å². The van der Waals surface area contributed by atoms with Gasteiger partial charge in [0, 0.05) is 42.3 Å². The predicted molar refractivity (Wildman–Crippen MR) is 204 cm³/mol. The van der Waals surface area contributed by atoms with E-state index in [0.29, 0.717) is 0 Å². The number of benzene rings is 8. The van der Waals surface area contributed by atoms with Crippen molar-refractivity contribution < 1.29 is 0 Å². The Morgan fingerprint density at radius 1 is 0.426 bits per heavy atom. The Kier molecular flexibility index (Phi) is 5.57. The van der Waals surface area contributed by atoms with Gasteiger partial charge in [-0.25, -0.2) is 0 Å². The second-order valence-electron chi connectivity index (χ2n) is 13.3. The van der Waals surface area contributed by atoms with Crippen molar-refractivity contribution in [1.82, 2.24) is 0 Å². The van der Waals surface area contributed by atoms with Gasteiger partial charge in [-0.05, 0) is 91.6 Å². The van der Waals surface area contributed by atoms with Gasteiger partial charge >= 0.3 is 0 Å². The van der Waals surface area contributed by atoms with Crippen molar-refractivity contribution in [3.8, 4) is 11.1 Å². The smallest absolute Gasteiger partial charge is 0.0546 e. The van der Waals surface area contributed by atoms with Crippen molar-refractivity contribution in [2.75, 3.05) is 4.90 Å². The average Bonchev–Trinajstić information content (AvgIpc) is 3.60. The van der Waals surface area contributed by atoms with Crippen LogP contribution in [0.15, 0.2) is 152 Å². The Bertz CT molecular complexity index is 2730. The van der Waals surface area contributed by atoms with Crippen LogP contribution in [0.25, 0.3) is 63.6 Å². The molecule has 0 spiro atoms. The van der Waals surface area contributed by atoms with Gasteiger partial charge in [-0.15, -0.1) is 11.3 Å². The molecule has 0 saturated heterocycles. The summed E-state index contributed by atoms with van der Waals surface area (Å²) in [5.41, 5.74) is 8.92. The molecule has 0 fully saturated rings. The first-order valence-electron chi connectivity index (χ1n) is 16.4. The van der Waals surface area contributed by atoms with Crippen LogP contribution in [-0.4, -0.2) is 0 Å². The molecule has 8 aromatic carbocycles. The molecule has 47 heavy (non-hydrogen) atoms. The van der Waals surface area contributed by atoms with E-state index < -0.39 is 0 Å². The van der Waals surface area contributed by atoms with Crippen LogP contribution in [0.1, 0.15) is 25.0 Å². The van der Waals surface area contributed by atoms with Crippen LogP contribution < -0.4 is 4.90 Å². The van der Waals surface area contributed by atoms with Crippen molar-refractivity contribution >= 4 is 80.9 Å². The molecule has 9 aromatic rings. The summed E-state index contributed by atoms with van der Waals surface area (Å²) in [6, 6.07) is 56.6. The summed E-state index contributed by atoms with van der Waals surface area (Å²) in [6.45, 7) is 4.71. The minimum absolute atomic E-state index is 0.0433. The van der Waals surface area contributed by atoms with Gasteiger partial charge in [-0.1, -0.05) is 123 Å². The van der Waals surface area contributed by atoms with Crippen LogP contribution in [0.2, 0.25) is 0 Å². The van der Waals surface area contributed by atoms with E-state index in [1.807, 2.05) is 11.3 Å². The molecule has 0 atom stereocenters. The number of thiophene rings is 1. The quantitative estimate of drug-likeness (QED) is 0.178. The van der Waals surface area contributed by atoms with Crippen LogP contribution in [0.4, 0.5) is 17.1 Å². The molecule has 1 aromatic heterocycles. The summed E-state index contributed by atoms with van der Waals surface area (Å²) in [4.78, 5) is 2.50. The highest BCUT2D eigenvalue weighted by molar-refractivity contribution is 7.25. The molecule has 1 aliphatic carbocycles. The van der Waals surface area contributed by atoms with Crippen molar-refractivity contribution in [1.29, 1.82) is 0 Å². The summed E-state index contributed by atoms with van der Waals surface area (Å²) >= 11 is 1.87. The van der Waals surface area contributed by atoms with Crippen LogP contribution in [0, 0.1) is 0 Å². The van der Waals surface area contributed by atoms with E-state index in [4.69, 9.17) is 0 Å². The van der Waals surface area contributed by atoms with E-state index >= 15 is 0 Å². The molecule has 0 radical (unpaired) electrons. The highest BCUT2D eigenvalue weighted by Crippen LogP contribution is 2.52. The standard InChI is InChI=1S/C45H31NS/c1-45(2)40-17-9-7-14-34(40)38-25-29(20-23-41(38)45)46(30-21-24-44-39(26-30)36-16-8-10-18-43(36)47-44)42-27-37-31-12-4-3-11-28(31)19-22-33(37)32-13-5-6-15-35(32)42/h3-27H,1-2H3. The monoisotopic (exact) mass is 617 g/mol. The van der Waals surface area contributed by atoms with Gasteiger partial charge in [0.25, 0.3) is 0 Å². The van der Waals surface area contributed by atoms with E-state index in [1.165, 1.54) is 86.1 Å². The second-order valence-corrected chi connectivity index (χ2v) is 14.4. The van der Waals surface area contributed by atoms with Crippen molar-refractivity contribution in [2.24, 2.45) is 0 Å². The lowest BCUT2D eigenvalue weighted by Crippen LogP contribution is -2.15. The maximum atomic E-state index is 2.50. The number of nitrogens with zero attached hydrogens (tertiary/aromatic N) is 1. The van der Waals surface area contributed by atoms with Gasteiger partial charge in [0.1, 0.15) is 0 Å². The van der Waals surface area contributed by atoms with Gasteiger partial charge in [0.15, 0.2) is 0 Å². The topological polar surface area (TPSA) is 3.24 Å². The first kappa shape index (κ1) is 26.7. The Balaban J connectivity index is 1.31. The van der Waals surface area contributed by atoms with Crippen LogP contribution in [0.3, 0.4) is 0 Å². The number of fused-ring (bicyclic) bond motifs is 11. The van der Waals surface area contributed by atoms with E-state index in [9.17, 15) is 0 Å². The summed E-state index contributed by atoms with van der Waals surface area (Å²) in [5.74, 6) is 0. The molecule has 0 amide bonds. The Morgan fingerprint density at radius 2 is 1.06 bits per heavy atom. The third kappa shape index (κ3) is 3.83. The number of hydrogen-bond donors (Lipinski definition) is 0. The lowest BCUT2D eigenvalue weighted by Gasteiger charge is -2.29. The molecule has 0 N–H and O–H groups in total. The highest BCUT2D eigenvalue weighted by atomic mass is 32.1. The largest absolute Gasteiger partial charge is 0.310 e. The molecule has 222 valence electrons. The summed E-state index contributed by atoms with van der Waals surface area (Å²) in [6.07, 6.45) is 0. The fraction of sp³-hybridized carbons (Fsp3) is 0.0667. The third-order valence-corrected chi connectivity index (χ3v) is 11.6. The molecule has 1 heterocycles. The maximum absolute atomic E-state index is 2.50. The molecule has 0 unspecified atom stereocenters. The van der Waals surface area contributed by atoms with Crippen LogP contribution in [0.5, 0.6) is 0 Å². The number of rotatable bonds is 3. The molecule has 10 rings (SSSR count). The summed E-state index contributed by atoms with van der Waals surface area (Å²) in [5, 5.41) is 10.2. The molecular formula is C45H31NS. The van der Waals surface area contributed by atoms with Crippen molar-refractivity contribution in [3.63, 3.8) is 0 Å². The minimum atomic E-state index is -0.0433. The van der Waals surface area contributed by atoms with Crippen molar-refractivity contribution in [3.05, 3.63) is 163 Å². The van der Waals surface area contributed by atoms with Gasteiger partial charge in [0.2, 0.25) is 0 Å². The lowest BCUT2D eigenvalue weighted by molar-refractivity contribution is 0.660. The van der Waals surface area contributed by atoms with Gasteiger partial charge in [-0.3, -0.25) is 0 Å². The zero-order valence-corrected chi connectivity index (χ0v) is 27.1. The normalized spacial score (nSPS) is 13.5. The van der Waals surface area contributed by atoms with Crippen LogP contribution >= 0.6 is 11.3 Å². The van der Waals surface area contributed by atoms with Gasteiger partial charge < -0.3 is 4.90 Å². The number of hydrogen-bond acceptors (Lipinski definition) is 2. The van der Waals surface area contributed by atoms with Crippen LogP contribution in [-0.2, 0) is 5.41 Å². The molecule has 2 heteroatoms. The predicted octanol–water partition coefficient (Wildman–Crippen LogP) is 13.3. The highest BCUT2D eigenvalue weighted by Gasteiger charge is 2.35. The molecular weight excluding hydrogens is 587 g/mol. The fourth-order valence-electron chi connectivity index (χ4n) is 8.15. The summed E-state index contributed by atoms with van der Waals surface area (Å²) < 4.78 is 2.64. The maximum Gasteiger partial charge on any atom is 0.0546 e. The molecule has 0 saturated carbocycles. The van der Waals surface area contributed by atoms with E-state index in [-0.39, 0.29) is 5.41 Å². The lowest BCUT2D eigenvalue weighted by atomic mass is 9.82. The van der Waals surface area contributed by atoms with Crippen molar-refractivity contribution in [2.45, 2.75) is 19.3 Å². The second kappa shape index (κ2) is 9.78. The minimum Gasteiger partial charge on any atom is -0.310 e. The van der Waals surface area contributed by atoms with E-state index in [1.54, 1.807) is 0 Å². The van der Waals surface area contributed by atoms with Gasteiger partial charge in [-0.2, -0.15) is 0 Å². The summed E-state index contributed by atoms with van der Waals surface area (Å²) in [7, 11) is 0. The van der Waals surface area contributed by atoms with E-state index in [2.05, 4.69) is 170 Å². The zero-order chi connectivity index (χ0) is 31.3. The Labute approximate surface area is 278 Å². The Hall–Kier alpha value is -5.44. The molecule has 1 nitrogen and oxygen atoms in total. The zero-order valence-electron chi connectivity index (χ0n) is 26.3. The molecule has 0 bridgehead atoms. The first-order valence-corrected chi connectivity index (χ1v) is 17.2. The van der Waals surface area contributed by atoms with E-state index in [0.717, 1.165) is 5.69 Å². The third-order valence-electron chi connectivity index (χ3n) is 10.4. The number of anilines is 3.